The van der Waals surface area contributed by atoms with Crippen molar-refractivity contribution in [2.45, 2.75) is 38.0 Å². The van der Waals surface area contributed by atoms with Crippen LogP contribution < -0.4 is 5.32 Å². The number of nitrogens with one attached hydrogen (secondary N) is 1. The zero-order valence-electron chi connectivity index (χ0n) is 13.9. The number of benzene rings is 1. The number of hydrogen-bond donors (Lipinski definition) is 2. The standard InChI is InChI=1S/C19H26N2O2/c1-15(16-7-4-3-5-8-16)21-11-10-17(13-21)20-14-19(2,22)18-9-6-12-23-18/h3-9,12,15,17,20,22H,10-11,13-14H2,1-2H3. The molecule has 2 N–H and O–H groups in total. The van der Waals surface area contributed by atoms with Crippen LogP contribution in [0.3, 0.4) is 0 Å². The molecule has 1 aliphatic rings. The van der Waals surface area contributed by atoms with Gasteiger partial charge in [-0.15, -0.1) is 0 Å². The second-order valence-electron chi connectivity index (χ2n) is 6.70. The lowest BCUT2D eigenvalue weighted by Gasteiger charge is -2.26. The molecule has 0 saturated carbocycles. The third-order valence-corrected chi connectivity index (χ3v) is 4.84. The lowest BCUT2D eigenvalue weighted by atomic mass is 10.0. The molecule has 124 valence electrons. The molecular formula is C19H26N2O2. The van der Waals surface area contributed by atoms with Gasteiger partial charge in [-0.2, -0.15) is 0 Å². The molecule has 4 nitrogen and oxygen atoms in total. The van der Waals surface area contributed by atoms with Gasteiger partial charge >= 0.3 is 0 Å². The maximum Gasteiger partial charge on any atom is 0.136 e. The van der Waals surface area contributed by atoms with Gasteiger partial charge in [-0.1, -0.05) is 30.3 Å². The van der Waals surface area contributed by atoms with E-state index in [0.717, 1.165) is 19.5 Å². The van der Waals surface area contributed by atoms with Crippen molar-refractivity contribution >= 4 is 0 Å². The molecule has 3 rings (SSSR count). The first-order valence-corrected chi connectivity index (χ1v) is 8.35. The summed E-state index contributed by atoms with van der Waals surface area (Å²) in [5, 5.41) is 14.0. The Hall–Kier alpha value is -1.62. The topological polar surface area (TPSA) is 48.6 Å². The van der Waals surface area contributed by atoms with Crippen LogP contribution in [0, 0.1) is 0 Å². The van der Waals surface area contributed by atoms with E-state index in [1.807, 2.05) is 12.1 Å². The van der Waals surface area contributed by atoms with Crippen LogP contribution in [-0.4, -0.2) is 35.7 Å². The van der Waals surface area contributed by atoms with E-state index < -0.39 is 5.60 Å². The fourth-order valence-corrected chi connectivity index (χ4v) is 3.26. The third kappa shape index (κ3) is 3.83. The van der Waals surface area contributed by atoms with Crippen molar-refractivity contribution in [2.24, 2.45) is 0 Å². The first kappa shape index (κ1) is 16.2. The van der Waals surface area contributed by atoms with Gasteiger partial charge in [0.15, 0.2) is 0 Å². The van der Waals surface area contributed by atoms with Gasteiger partial charge in [0.1, 0.15) is 11.4 Å². The van der Waals surface area contributed by atoms with E-state index in [9.17, 15) is 5.11 Å². The van der Waals surface area contributed by atoms with Gasteiger partial charge in [-0.05, 0) is 38.0 Å². The highest BCUT2D eigenvalue weighted by atomic mass is 16.4. The highest BCUT2D eigenvalue weighted by Gasteiger charge is 2.30. The first-order valence-electron chi connectivity index (χ1n) is 8.35. The molecule has 0 aliphatic carbocycles. The predicted molar refractivity (Wildman–Crippen MR) is 91.1 cm³/mol. The van der Waals surface area contributed by atoms with Crippen molar-refractivity contribution < 1.29 is 9.52 Å². The molecular weight excluding hydrogens is 288 g/mol. The van der Waals surface area contributed by atoms with Crippen molar-refractivity contribution in [3.05, 3.63) is 60.1 Å². The summed E-state index contributed by atoms with van der Waals surface area (Å²) in [7, 11) is 0. The summed E-state index contributed by atoms with van der Waals surface area (Å²) < 4.78 is 5.33. The monoisotopic (exact) mass is 314 g/mol. The van der Waals surface area contributed by atoms with Gasteiger partial charge in [0.05, 0.1) is 6.26 Å². The van der Waals surface area contributed by atoms with Crippen LogP contribution in [0.5, 0.6) is 0 Å². The molecule has 2 aromatic rings. The Bertz CT molecular complexity index is 595. The summed E-state index contributed by atoms with van der Waals surface area (Å²) >= 11 is 0. The maximum absolute atomic E-state index is 10.5. The second-order valence-corrected chi connectivity index (χ2v) is 6.70. The number of nitrogens with zero attached hydrogens (tertiary/aromatic N) is 1. The van der Waals surface area contributed by atoms with E-state index in [0.29, 0.717) is 24.4 Å². The Morgan fingerprint density at radius 3 is 2.78 bits per heavy atom. The Morgan fingerprint density at radius 1 is 1.30 bits per heavy atom. The second kappa shape index (κ2) is 6.87. The summed E-state index contributed by atoms with van der Waals surface area (Å²) in [4.78, 5) is 2.49. The minimum absolute atomic E-state index is 0.405. The van der Waals surface area contributed by atoms with Gasteiger partial charge < -0.3 is 14.8 Å². The van der Waals surface area contributed by atoms with Gasteiger partial charge in [0, 0.05) is 31.7 Å². The quantitative estimate of drug-likeness (QED) is 0.861. The van der Waals surface area contributed by atoms with E-state index in [4.69, 9.17) is 4.42 Å². The Kier molecular flexibility index (Phi) is 4.85. The minimum Gasteiger partial charge on any atom is -0.466 e. The molecule has 1 aliphatic heterocycles. The van der Waals surface area contributed by atoms with Crippen molar-refractivity contribution in [2.75, 3.05) is 19.6 Å². The van der Waals surface area contributed by atoms with Crippen LogP contribution in [-0.2, 0) is 5.60 Å². The lowest BCUT2D eigenvalue weighted by Crippen LogP contribution is -2.42. The van der Waals surface area contributed by atoms with Gasteiger partial charge in [0.25, 0.3) is 0 Å². The molecule has 3 atom stereocenters. The van der Waals surface area contributed by atoms with Gasteiger partial charge in [-0.25, -0.2) is 0 Å². The van der Waals surface area contributed by atoms with Crippen LogP contribution >= 0.6 is 0 Å². The normalized spacial score (nSPS) is 22.8. The zero-order chi connectivity index (χ0) is 16.3. The molecule has 0 radical (unpaired) electrons. The van der Waals surface area contributed by atoms with E-state index in [1.165, 1.54) is 5.56 Å². The maximum atomic E-state index is 10.5. The van der Waals surface area contributed by atoms with Crippen LogP contribution in [0.25, 0.3) is 0 Å². The highest BCUT2D eigenvalue weighted by molar-refractivity contribution is 5.18. The summed E-state index contributed by atoms with van der Waals surface area (Å²) in [5.74, 6) is 0.609. The molecule has 3 unspecified atom stereocenters. The summed E-state index contributed by atoms with van der Waals surface area (Å²) in [6.45, 7) is 6.63. The van der Waals surface area contributed by atoms with E-state index in [-0.39, 0.29) is 0 Å². The molecule has 1 aromatic heterocycles. The highest BCUT2D eigenvalue weighted by Crippen LogP contribution is 2.25. The molecule has 1 fully saturated rings. The molecule has 4 heteroatoms. The number of furan rings is 1. The van der Waals surface area contributed by atoms with Crippen molar-refractivity contribution in [3.63, 3.8) is 0 Å². The van der Waals surface area contributed by atoms with Gasteiger partial charge in [-0.3, -0.25) is 4.90 Å². The van der Waals surface area contributed by atoms with E-state index in [2.05, 4.69) is 47.5 Å². The summed E-state index contributed by atoms with van der Waals surface area (Å²) in [6, 6.07) is 15.1. The SMILES string of the molecule is CC(c1ccccc1)N1CCC(NCC(C)(O)c2ccco2)C1. The molecule has 0 bridgehead atoms. The van der Waals surface area contributed by atoms with Crippen LogP contribution in [0.1, 0.15) is 37.6 Å². The Labute approximate surface area is 138 Å². The molecule has 1 saturated heterocycles. The fraction of sp³-hybridized carbons (Fsp3) is 0.474. The van der Waals surface area contributed by atoms with Gasteiger partial charge in [0.2, 0.25) is 0 Å². The zero-order valence-corrected chi connectivity index (χ0v) is 13.9. The average Bonchev–Trinajstić information content (AvgIpc) is 3.25. The van der Waals surface area contributed by atoms with E-state index in [1.54, 1.807) is 13.2 Å². The molecule has 23 heavy (non-hydrogen) atoms. The number of aliphatic hydroxyl groups is 1. The van der Waals surface area contributed by atoms with E-state index >= 15 is 0 Å². The number of hydrogen-bond acceptors (Lipinski definition) is 4. The third-order valence-electron chi connectivity index (χ3n) is 4.84. The number of rotatable bonds is 6. The smallest absolute Gasteiger partial charge is 0.136 e. The lowest BCUT2D eigenvalue weighted by molar-refractivity contribution is 0.0317. The molecule has 0 amide bonds. The van der Waals surface area contributed by atoms with Crippen LogP contribution in [0.2, 0.25) is 0 Å². The summed E-state index contributed by atoms with van der Waals surface area (Å²) in [6.07, 6.45) is 2.70. The largest absolute Gasteiger partial charge is 0.466 e. The average molecular weight is 314 g/mol. The van der Waals surface area contributed by atoms with Crippen molar-refractivity contribution in [1.82, 2.24) is 10.2 Å². The molecule has 1 aromatic carbocycles. The Balaban J connectivity index is 1.52. The predicted octanol–water partition coefficient (Wildman–Crippen LogP) is 2.91. The molecule has 0 spiro atoms. The van der Waals surface area contributed by atoms with Crippen molar-refractivity contribution in [1.29, 1.82) is 0 Å². The fourth-order valence-electron chi connectivity index (χ4n) is 3.26. The first-order chi connectivity index (χ1) is 11.1. The van der Waals surface area contributed by atoms with Crippen molar-refractivity contribution in [3.8, 4) is 0 Å². The van der Waals surface area contributed by atoms with Crippen LogP contribution in [0.15, 0.2) is 53.1 Å². The van der Waals surface area contributed by atoms with Crippen LogP contribution in [0.4, 0.5) is 0 Å². The number of likely N-dealkylation sites (tertiary alicyclic amines) is 1. The summed E-state index contributed by atoms with van der Waals surface area (Å²) in [5.41, 5.74) is 0.387. The minimum atomic E-state index is -0.970. The molecule has 2 heterocycles. The Morgan fingerprint density at radius 2 is 2.09 bits per heavy atom.